The molecule has 6 rings (SSSR count). The van der Waals surface area contributed by atoms with Gasteiger partial charge in [0.2, 0.25) is 11.8 Å². The first-order valence-electron chi connectivity index (χ1n) is 16.3. The maximum atomic E-state index is 11.8. The van der Waals surface area contributed by atoms with Gasteiger partial charge in [-0.3, -0.25) is 4.79 Å². The lowest BCUT2D eigenvalue weighted by molar-refractivity contribution is -0.142. The summed E-state index contributed by atoms with van der Waals surface area (Å²) in [5.41, 5.74) is 5.60. The molecule has 3 aromatic heterocycles. The second-order valence-corrected chi connectivity index (χ2v) is 11.3. The number of benzene rings is 3. The molecule has 0 bridgehead atoms. The number of nitrogens with zero attached hydrogens (tertiary/aromatic N) is 4. The van der Waals surface area contributed by atoms with Gasteiger partial charge >= 0.3 is 5.97 Å². The standard InChI is InChI=1S/C39H38N4O7/c1-5-36-40-31(24-48-36)18-17-30-22-43(32-10-8-7-9-11-32)42-39(30)49-23-28-14-19-34(35(20-28)45-4)47-25-33-26(3)50-38(41-33)29-15-12-27(13-16-29)21-37(44)46-6-2/h7-20,22,24H,5-6,21,23,25H2,1-4H3. The van der Waals surface area contributed by atoms with Gasteiger partial charge in [0.1, 0.15) is 36.6 Å². The third-order valence-corrected chi connectivity index (χ3v) is 7.75. The molecule has 0 fully saturated rings. The van der Waals surface area contributed by atoms with Crippen molar-refractivity contribution in [1.29, 1.82) is 0 Å². The predicted molar refractivity (Wildman–Crippen MR) is 187 cm³/mol. The topological polar surface area (TPSA) is 124 Å². The van der Waals surface area contributed by atoms with E-state index in [2.05, 4.69) is 9.97 Å². The van der Waals surface area contributed by atoms with Crippen LogP contribution in [0.1, 0.15) is 53.6 Å². The molecule has 0 saturated heterocycles. The maximum absolute atomic E-state index is 11.8. The monoisotopic (exact) mass is 674 g/mol. The van der Waals surface area contributed by atoms with Crippen molar-refractivity contribution < 1.29 is 32.6 Å². The van der Waals surface area contributed by atoms with Gasteiger partial charge in [0.15, 0.2) is 17.4 Å². The summed E-state index contributed by atoms with van der Waals surface area (Å²) in [6.07, 6.45) is 8.27. The summed E-state index contributed by atoms with van der Waals surface area (Å²) >= 11 is 0. The molecule has 0 amide bonds. The van der Waals surface area contributed by atoms with E-state index < -0.39 is 0 Å². The molecule has 0 aliphatic carbocycles. The molecule has 3 heterocycles. The molecule has 0 atom stereocenters. The van der Waals surface area contributed by atoms with Crippen molar-refractivity contribution in [1.82, 2.24) is 19.7 Å². The van der Waals surface area contributed by atoms with E-state index in [0.717, 1.165) is 40.1 Å². The van der Waals surface area contributed by atoms with Crippen LogP contribution in [0.25, 0.3) is 29.3 Å². The Bertz CT molecular complexity index is 2060. The average molecular weight is 675 g/mol. The minimum absolute atomic E-state index is 0.181. The number of esters is 1. The van der Waals surface area contributed by atoms with Crippen molar-refractivity contribution in [2.75, 3.05) is 13.7 Å². The molecular formula is C39H38N4O7. The molecule has 0 aliphatic heterocycles. The van der Waals surface area contributed by atoms with E-state index in [0.29, 0.717) is 47.2 Å². The van der Waals surface area contributed by atoms with Crippen molar-refractivity contribution in [3.8, 4) is 34.5 Å². The first kappa shape index (κ1) is 33.8. The minimum atomic E-state index is -0.259. The third kappa shape index (κ3) is 8.30. The first-order chi connectivity index (χ1) is 24.4. The quantitative estimate of drug-likeness (QED) is 0.0996. The maximum Gasteiger partial charge on any atom is 0.310 e. The lowest BCUT2D eigenvalue weighted by atomic mass is 10.1. The number of carbonyl (C=O) groups excluding carboxylic acids is 1. The van der Waals surface area contributed by atoms with Gasteiger partial charge in [0.25, 0.3) is 0 Å². The van der Waals surface area contributed by atoms with Crippen LogP contribution < -0.4 is 14.2 Å². The molecule has 0 radical (unpaired) electrons. The third-order valence-electron chi connectivity index (χ3n) is 7.75. The molecule has 256 valence electrons. The molecule has 0 aliphatic rings. The number of carbonyl (C=O) groups is 1. The van der Waals surface area contributed by atoms with E-state index in [9.17, 15) is 4.79 Å². The highest BCUT2D eigenvalue weighted by atomic mass is 16.5. The lowest BCUT2D eigenvalue weighted by Crippen LogP contribution is -2.07. The molecule has 0 N–H and O–H groups in total. The molecule has 3 aromatic carbocycles. The summed E-state index contributed by atoms with van der Waals surface area (Å²) in [5.74, 6) is 3.11. The zero-order valence-electron chi connectivity index (χ0n) is 28.4. The summed E-state index contributed by atoms with van der Waals surface area (Å²) < 4.78 is 36.3. The number of aryl methyl sites for hydroxylation is 2. The van der Waals surface area contributed by atoms with Gasteiger partial charge in [0, 0.05) is 18.2 Å². The fourth-order valence-electron chi connectivity index (χ4n) is 5.10. The molecule has 0 spiro atoms. The highest BCUT2D eigenvalue weighted by Gasteiger charge is 2.16. The van der Waals surface area contributed by atoms with Crippen molar-refractivity contribution in [3.05, 3.63) is 125 Å². The fraction of sp³-hybridized carbons (Fsp3) is 0.231. The molecular weight excluding hydrogens is 636 g/mol. The number of aromatic nitrogens is 4. The van der Waals surface area contributed by atoms with Crippen LogP contribution in [0.4, 0.5) is 0 Å². The molecule has 50 heavy (non-hydrogen) atoms. The summed E-state index contributed by atoms with van der Waals surface area (Å²) in [4.78, 5) is 20.9. The first-order valence-corrected chi connectivity index (χ1v) is 16.3. The van der Waals surface area contributed by atoms with E-state index in [1.54, 1.807) is 25.0 Å². The van der Waals surface area contributed by atoms with E-state index in [4.69, 9.17) is 32.9 Å². The van der Waals surface area contributed by atoms with Gasteiger partial charge < -0.3 is 27.8 Å². The van der Waals surface area contributed by atoms with Crippen LogP contribution in [-0.4, -0.2) is 39.4 Å². The van der Waals surface area contributed by atoms with Crippen LogP contribution in [-0.2, 0) is 35.6 Å². The van der Waals surface area contributed by atoms with Gasteiger partial charge in [-0.05, 0) is 73.5 Å². The Balaban J connectivity index is 1.12. The van der Waals surface area contributed by atoms with Gasteiger partial charge in [-0.2, -0.15) is 0 Å². The Morgan fingerprint density at radius 3 is 2.44 bits per heavy atom. The number of para-hydroxylation sites is 1. The van der Waals surface area contributed by atoms with Gasteiger partial charge in [-0.25, -0.2) is 14.6 Å². The zero-order valence-corrected chi connectivity index (χ0v) is 28.4. The highest BCUT2D eigenvalue weighted by Crippen LogP contribution is 2.31. The van der Waals surface area contributed by atoms with E-state index >= 15 is 0 Å². The summed E-state index contributed by atoms with van der Waals surface area (Å²) in [5, 5.41) is 4.72. The van der Waals surface area contributed by atoms with Gasteiger partial charge in [-0.15, -0.1) is 5.10 Å². The minimum Gasteiger partial charge on any atom is -0.493 e. The smallest absolute Gasteiger partial charge is 0.310 e. The number of methoxy groups -OCH3 is 1. The van der Waals surface area contributed by atoms with Crippen LogP contribution in [0.5, 0.6) is 17.4 Å². The number of ether oxygens (including phenoxy) is 4. The second kappa shape index (κ2) is 15.9. The fourth-order valence-corrected chi connectivity index (χ4v) is 5.10. The Morgan fingerprint density at radius 1 is 0.900 bits per heavy atom. The number of oxazole rings is 2. The lowest BCUT2D eigenvalue weighted by Gasteiger charge is -2.12. The normalized spacial score (nSPS) is 11.2. The molecule has 11 nitrogen and oxygen atoms in total. The summed E-state index contributed by atoms with van der Waals surface area (Å²) in [7, 11) is 1.59. The van der Waals surface area contributed by atoms with Crippen molar-refractivity contribution in [3.63, 3.8) is 0 Å². The Labute approximate surface area is 290 Å². The number of hydrogen-bond donors (Lipinski definition) is 0. The van der Waals surface area contributed by atoms with Crippen molar-refractivity contribution in [2.24, 2.45) is 0 Å². The van der Waals surface area contributed by atoms with Crippen LogP contribution in [0, 0.1) is 6.92 Å². The van der Waals surface area contributed by atoms with Crippen LogP contribution in [0.2, 0.25) is 0 Å². The van der Waals surface area contributed by atoms with Crippen LogP contribution in [0.15, 0.2) is 94.1 Å². The number of hydrogen-bond acceptors (Lipinski definition) is 10. The summed E-state index contributed by atoms with van der Waals surface area (Å²) in [6.45, 7) is 6.42. The zero-order chi connectivity index (χ0) is 34.9. The second-order valence-electron chi connectivity index (χ2n) is 11.3. The van der Waals surface area contributed by atoms with Gasteiger partial charge in [0.05, 0.1) is 31.4 Å². The van der Waals surface area contributed by atoms with E-state index in [1.807, 2.05) is 105 Å². The van der Waals surface area contributed by atoms with Crippen molar-refractivity contribution in [2.45, 2.75) is 46.8 Å². The highest BCUT2D eigenvalue weighted by molar-refractivity contribution is 5.73. The van der Waals surface area contributed by atoms with Crippen LogP contribution in [0.3, 0.4) is 0 Å². The molecule has 6 aromatic rings. The van der Waals surface area contributed by atoms with Crippen LogP contribution >= 0.6 is 0 Å². The Morgan fingerprint density at radius 2 is 1.70 bits per heavy atom. The molecule has 11 heteroatoms. The van der Waals surface area contributed by atoms with E-state index in [-0.39, 0.29) is 25.6 Å². The largest absolute Gasteiger partial charge is 0.493 e. The molecule has 0 unspecified atom stereocenters. The average Bonchev–Trinajstić information content (AvgIpc) is 3.88. The van der Waals surface area contributed by atoms with Gasteiger partial charge in [-0.1, -0.05) is 43.3 Å². The predicted octanol–water partition coefficient (Wildman–Crippen LogP) is 7.83. The van der Waals surface area contributed by atoms with E-state index in [1.165, 1.54) is 0 Å². The SMILES string of the molecule is CCOC(=O)Cc1ccc(-c2nc(COc3ccc(COc4nn(-c5ccccc5)cc4C=Cc4coc(CC)n4)cc3OC)c(C)o2)cc1. The Hall–Kier alpha value is -6.10. The molecule has 0 saturated carbocycles. The number of rotatable bonds is 15. The summed E-state index contributed by atoms with van der Waals surface area (Å²) in [6, 6.07) is 23.0. The van der Waals surface area contributed by atoms with Crippen molar-refractivity contribution >= 4 is 18.1 Å². The Kier molecular flexibility index (Phi) is 10.7.